The fraction of sp³-hybridized carbons (Fsp3) is 0.158. The van der Waals surface area contributed by atoms with Crippen LogP contribution in [0.3, 0.4) is 0 Å². The average molecular weight is 284 g/mol. The van der Waals surface area contributed by atoms with E-state index in [1.165, 1.54) is 0 Å². The van der Waals surface area contributed by atoms with Gasteiger partial charge in [-0.2, -0.15) is 0 Å². The highest BCUT2D eigenvalue weighted by molar-refractivity contribution is 8.01. The summed E-state index contributed by atoms with van der Waals surface area (Å²) in [6.45, 7) is 15.6. The SMILES string of the molecule is C=C\C=C/C(=C\C=C)C(=C/C(/C=C\SC)=C/C)/C(=C)C. The van der Waals surface area contributed by atoms with Crippen molar-refractivity contribution >= 4 is 11.8 Å². The fourth-order valence-corrected chi connectivity index (χ4v) is 1.82. The Morgan fingerprint density at radius 1 is 1.10 bits per heavy atom. The molecule has 0 aromatic rings. The van der Waals surface area contributed by atoms with E-state index in [1.807, 2.05) is 38.3 Å². The molecule has 0 rings (SSSR count). The van der Waals surface area contributed by atoms with E-state index in [2.05, 4.69) is 43.4 Å². The van der Waals surface area contributed by atoms with Gasteiger partial charge < -0.3 is 0 Å². The molecule has 0 atom stereocenters. The van der Waals surface area contributed by atoms with E-state index < -0.39 is 0 Å². The predicted octanol–water partition coefficient (Wildman–Crippen LogP) is 6.17. The molecule has 0 aliphatic rings. The normalized spacial score (nSPS) is 14.1. The third-order valence-corrected chi connectivity index (χ3v) is 2.93. The summed E-state index contributed by atoms with van der Waals surface area (Å²) < 4.78 is 0. The molecule has 0 aromatic carbocycles. The number of thioether (sulfide) groups is 1. The first-order chi connectivity index (χ1) is 9.60. The summed E-state index contributed by atoms with van der Waals surface area (Å²) in [5.74, 6) is 0. The molecule has 0 nitrogen and oxygen atoms in total. The van der Waals surface area contributed by atoms with Gasteiger partial charge in [0.05, 0.1) is 0 Å². The third kappa shape index (κ3) is 7.01. The van der Waals surface area contributed by atoms with Crippen molar-refractivity contribution in [2.45, 2.75) is 13.8 Å². The molecule has 0 saturated heterocycles. The molecule has 0 N–H and O–H groups in total. The van der Waals surface area contributed by atoms with Gasteiger partial charge in [0, 0.05) is 0 Å². The molecule has 1 heteroatoms. The molecule has 0 fully saturated rings. The van der Waals surface area contributed by atoms with Gasteiger partial charge in [0.15, 0.2) is 0 Å². The molecule has 0 aliphatic carbocycles. The van der Waals surface area contributed by atoms with E-state index in [1.54, 1.807) is 23.9 Å². The van der Waals surface area contributed by atoms with Crippen molar-refractivity contribution < 1.29 is 0 Å². The highest BCUT2D eigenvalue weighted by Crippen LogP contribution is 2.22. The largest absolute Gasteiger partial charge is 0.138 e. The molecule has 0 aliphatic heterocycles. The van der Waals surface area contributed by atoms with Gasteiger partial charge in [0.1, 0.15) is 0 Å². The molecule has 0 radical (unpaired) electrons. The van der Waals surface area contributed by atoms with Crippen molar-refractivity contribution in [1.82, 2.24) is 0 Å². The molecule has 0 bridgehead atoms. The smallest absolute Gasteiger partial charge is 0.0142 e. The second-order valence-electron chi connectivity index (χ2n) is 4.12. The van der Waals surface area contributed by atoms with E-state index >= 15 is 0 Å². The molecule has 106 valence electrons. The molecule has 0 spiro atoms. The maximum absolute atomic E-state index is 4.07. The molecule has 0 aromatic heterocycles. The second kappa shape index (κ2) is 11.1. The van der Waals surface area contributed by atoms with Gasteiger partial charge in [-0.05, 0) is 54.4 Å². The van der Waals surface area contributed by atoms with Gasteiger partial charge in [-0.15, -0.1) is 11.8 Å². The summed E-state index contributed by atoms with van der Waals surface area (Å²) in [5, 5.41) is 2.07. The van der Waals surface area contributed by atoms with Gasteiger partial charge in [-0.25, -0.2) is 0 Å². The minimum atomic E-state index is 1.02. The molecule has 0 amide bonds. The summed E-state index contributed by atoms with van der Waals surface area (Å²) in [5.41, 5.74) is 4.34. The van der Waals surface area contributed by atoms with Gasteiger partial charge in [-0.3, -0.25) is 0 Å². The van der Waals surface area contributed by atoms with E-state index in [4.69, 9.17) is 0 Å². The maximum Gasteiger partial charge on any atom is -0.0142 e. The number of hydrogen-bond acceptors (Lipinski definition) is 1. The zero-order valence-electron chi connectivity index (χ0n) is 12.7. The standard InChI is InChI=1S/C19H24S/c1-7-10-12-18(11-8-2)19(16(4)5)15-17(9-3)13-14-20-6/h7-15H,1-2,4H2,3,5-6H3/b12-10-,14-13-,17-9+,18-11+,19-15+. The fourth-order valence-electron chi connectivity index (χ4n) is 1.53. The second-order valence-corrected chi connectivity index (χ2v) is 4.86. The van der Waals surface area contributed by atoms with Crippen LogP contribution in [0, 0.1) is 0 Å². The highest BCUT2D eigenvalue weighted by atomic mass is 32.2. The van der Waals surface area contributed by atoms with Crippen molar-refractivity contribution in [3.8, 4) is 0 Å². The predicted molar refractivity (Wildman–Crippen MR) is 96.9 cm³/mol. The molecule has 0 heterocycles. The lowest BCUT2D eigenvalue weighted by molar-refractivity contribution is 1.37. The summed E-state index contributed by atoms with van der Waals surface area (Å²) in [4.78, 5) is 0. The van der Waals surface area contributed by atoms with Crippen LogP contribution in [-0.4, -0.2) is 6.26 Å². The highest BCUT2D eigenvalue weighted by Gasteiger charge is 2.03. The lowest BCUT2D eigenvalue weighted by atomic mass is 9.96. The Morgan fingerprint density at radius 3 is 2.25 bits per heavy atom. The minimum Gasteiger partial charge on any atom is -0.138 e. The first-order valence-corrected chi connectivity index (χ1v) is 7.74. The lowest BCUT2D eigenvalue weighted by Crippen LogP contribution is -1.90. The maximum atomic E-state index is 4.07. The van der Waals surface area contributed by atoms with Crippen LogP contribution in [0.4, 0.5) is 0 Å². The molecular weight excluding hydrogens is 260 g/mol. The summed E-state index contributed by atoms with van der Waals surface area (Å²) >= 11 is 1.68. The Hall–Kier alpha value is -1.73. The van der Waals surface area contributed by atoms with Crippen LogP contribution >= 0.6 is 11.8 Å². The Morgan fingerprint density at radius 2 is 1.80 bits per heavy atom. The number of allylic oxidation sites excluding steroid dienone is 12. The molecule has 0 unspecified atom stereocenters. The van der Waals surface area contributed by atoms with Crippen LogP contribution < -0.4 is 0 Å². The van der Waals surface area contributed by atoms with Crippen molar-refractivity contribution in [2.75, 3.05) is 6.26 Å². The van der Waals surface area contributed by atoms with E-state index in [0.717, 1.165) is 22.3 Å². The van der Waals surface area contributed by atoms with Crippen molar-refractivity contribution in [3.05, 3.63) is 96.0 Å². The van der Waals surface area contributed by atoms with Gasteiger partial charge in [0.25, 0.3) is 0 Å². The van der Waals surface area contributed by atoms with E-state index in [-0.39, 0.29) is 0 Å². The van der Waals surface area contributed by atoms with Crippen molar-refractivity contribution in [3.63, 3.8) is 0 Å². The minimum absolute atomic E-state index is 1.02. The van der Waals surface area contributed by atoms with Crippen LogP contribution in [0.25, 0.3) is 0 Å². The molecular formula is C19H24S. The Bertz CT molecular complexity index is 494. The van der Waals surface area contributed by atoms with Crippen molar-refractivity contribution in [1.29, 1.82) is 0 Å². The number of hydrogen-bond donors (Lipinski definition) is 0. The first kappa shape index (κ1) is 18.3. The summed E-state index contributed by atoms with van der Waals surface area (Å²) in [7, 11) is 0. The van der Waals surface area contributed by atoms with Crippen LogP contribution in [0.5, 0.6) is 0 Å². The third-order valence-electron chi connectivity index (χ3n) is 2.52. The van der Waals surface area contributed by atoms with Gasteiger partial charge in [-0.1, -0.05) is 61.8 Å². The van der Waals surface area contributed by atoms with Crippen LogP contribution in [0.2, 0.25) is 0 Å². The average Bonchev–Trinajstić information content (AvgIpc) is 2.44. The summed E-state index contributed by atoms with van der Waals surface area (Å²) in [6, 6.07) is 0. The molecule has 20 heavy (non-hydrogen) atoms. The van der Waals surface area contributed by atoms with Crippen molar-refractivity contribution in [2.24, 2.45) is 0 Å². The van der Waals surface area contributed by atoms with Gasteiger partial charge >= 0.3 is 0 Å². The van der Waals surface area contributed by atoms with Crippen LogP contribution in [0.1, 0.15) is 13.8 Å². The van der Waals surface area contributed by atoms with E-state index in [9.17, 15) is 0 Å². The summed E-state index contributed by atoms with van der Waals surface area (Å²) in [6.07, 6.45) is 17.8. The zero-order valence-corrected chi connectivity index (χ0v) is 13.5. The first-order valence-electron chi connectivity index (χ1n) is 6.46. The number of rotatable bonds is 8. The van der Waals surface area contributed by atoms with Crippen LogP contribution in [-0.2, 0) is 0 Å². The lowest BCUT2D eigenvalue weighted by Gasteiger charge is -2.09. The Kier molecular flexibility index (Phi) is 10.2. The van der Waals surface area contributed by atoms with E-state index in [0.29, 0.717) is 0 Å². The van der Waals surface area contributed by atoms with Gasteiger partial charge in [0.2, 0.25) is 0 Å². The Balaban J connectivity index is 5.72. The Labute approximate surface area is 128 Å². The zero-order chi connectivity index (χ0) is 15.4. The topological polar surface area (TPSA) is 0 Å². The van der Waals surface area contributed by atoms with Crippen LogP contribution in [0.15, 0.2) is 96.0 Å². The monoisotopic (exact) mass is 284 g/mol. The quantitative estimate of drug-likeness (QED) is 0.480. The molecule has 0 saturated carbocycles.